The number of benzene rings is 1. The topological polar surface area (TPSA) is 86.5 Å². The first-order valence-corrected chi connectivity index (χ1v) is 7.95. The van der Waals surface area contributed by atoms with Crippen molar-refractivity contribution >= 4 is 28.5 Å². The molecule has 0 spiro atoms. The maximum absolute atomic E-state index is 11.8. The molecule has 6 nitrogen and oxygen atoms in total. The Kier molecular flexibility index (Phi) is 8.21. The third-order valence-corrected chi connectivity index (χ3v) is 3.79. The van der Waals surface area contributed by atoms with Gasteiger partial charge in [0.15, 0.2) is 5.12 Å². The van der Waals surface area contributed by atoms with E-state index in [0.29, 0.717) is 30.8 Å². The first-order chi connectivity index (χ1) is 10.5. The number of hydrogen-bond acceptors (Lipinski definition) is 6. The Morgan fingerprint density at radius 1 is 1.14 bits per heavy atom. The van der Waals surface area contributed by atoms with Gasteiger partial charge in [-0.25, -0.2) is 0 Å². The molecule has 0 aliphatic heterocycles. The molecule has 0 fully saturated rings. The van der Waals surface area contributed by atoms with E-state index in [2.05, 4.69) is 0 Å². The number of non-ortho nitro benzene ring substituents is 1. The Morgan fingerprint density at radius 3 is 2.36 bits per heavy atom. The minimum atomic E-state index is -0.472. The van der Waals surface area contributed by atoms with Crippen molar-refractivity contribution in [2.75, 3.05) is 6.61 Å². The second kappa shape index (κ2) is 9.94. The van der Waals surface area contributed by atoms with Crippen LogP contribution in [0.5, 0.6) is 0 Å². The first-order valence-electron chi connectivity index (χ1n) is 7.13. The average molecular weight is 325 g/mol. The number of nitrogens with zero attached hydrogens (tertiary/aromatic N) is 1. The van der Waals surface area contributed by atoms with Crippen LogP contribution in [0.3, 0.4) is 0 Å². The van der Waals surface area contributed by atoms with Crippen molar-refractivity contribution in [2.45, 2.75) is 43.9 Å². The maximum Gasteiger partial charge on any atom is 0.305 e. The smallest absolute Gasteiger partial charge is 0.305 e. The summed E-state index contributed by atoms with van der Waals surface area (Å²) >= 11 is 1.08. The van der Waals surface area contributed by atoms with Crippen molar-refractivity contribution in [1.82, 2.24) is 0 Å². The average Bonchev–Trinajstić information content (AvgIpc) is 2.47. The highest BCUT2D eigenvalue weighted by Crippen LogP contribution is 2.23. The SMILES string of the molecule is CCOC(=O)CCCCCC(=O)Sc1ccc([N+](=O)[O-])cc1. The van der Waals surface area contributed by atoms with Crippen molar-refractivity contribution in [3.8, 4) is 0 Å². The zero-order valence-electron chi connectivity index (χ0n) is 12.4. The molecular weight excluding hydrogens is 306 g/mol. The molecule has 0 aromatic heterocycles. The zero-order chi connectivity index (χ0) is 16.4. The fraction of sp³-hybridized carbons (Fsp3) is 0.467. The summed E-state index contributed by atoms with van der Waals surface area (Å²) in [5.41, 5.74) is 0.00997. The summed E-state index contributed by atoms with van der Waals surface area (Å²) in [7, 11) is 0. The number of unbranched alkanes of at least 4 members (excludes halogenated alkanes) is 2. The molecule has 0 heterocycles. The number of thioether (sulfide) groups is 1. The fourth-order valence-corrected chi connectivity index (χ4v) is 2.55. The molecule has 0 amide bonds. The second-order valence-electron chi connectivity index (χ2n) is 4.59. The van der Waals surface area contributed by atoms with E-state index in [9.17, 15) is 19.7 Å². The minimum Gasteiger partial charge on any atom is -0.466 e. The molecule has 0 radical (unpaired) electrons. The molecular formula is C15H19NO5S. The standard InChI is InChI=1S/C15H19NO5S/c1-2-21-14(17)6-4-3-5-7-15(18)22-13-10-8-12(9-11-13)16(19)20/h8-11H,2-7H2,1H3. The highest BCUT2D eigenvalue weighted by Gasteiger charge is 2.08. The van der Waals surface area contributed by atoms with Gasteiger partial charge in [-0.2, -0.15) is 0 Å². The molecule has 0 saturated carbocycles. The molecule has 1 aromatic rings. The quantitative estimate of drug-likeness (QED) is 0.226. The van der Waals surface area contributed by atoms with Crippen molar-refractivity contribution in [1.29, 1.82) is 0 Å². The van der Waals surface area contributed by atoms with Crippen molar-refractivity contribution < 1.29 is 19.2 Å². The summed E-state index contributed by atoms with van der Waals surface area (Å²) < 4.78 is 4.82. The number of carbonyl (C=O) groups is 2. The largest absolute Gasteiger partial charge is 0.466 e. The highest BCUT2D eigenvalue weighted by atomic mass is 32.2. The highest BCUT2D eigenvalue weighted by molar-refractivity contribution is 8.13. The third kappa shape index (κ3) is 7.21. The summed E-state index contributed by atoms with van der Waals surface area (Å²) in [6, 6.07) is 5.91. The Bertz CT molecular complexity index is 515. The lowest BCUT2D eigenvalue weighted by molar-refractivity contribution is -0.384. The van der Waals surface area contributed by atoms with E-state index in [0.717, 1.165) is 24.6 Å². The van der Waals surface area contributed by atoms with Gasteiger partial charge >= 0.3 is 5.97 Å². The van der Waals surface area contributed by atoms with E-state index in [1.807, 2.05) is 0 Å². The molecule has 0 bridgehead atoms. The Hall–Kier alpha value is -1.89. The summed E-state index contributed by atoms with van der Waals surface area (Å²) in [6.45, 7) is 2.16. The molecule has 0 N–H and O–H groups in total. The van der Waals surface area contributed by atoms with E-state index in [-0.39, 0.29) is 16.8 Å². The Morgan fingerprint density at radius 2 is 1.77 bits per heavy atom. The van der Waals surface area contributed by atoms with Crippen LogP contribution in [0.4, 0.5) is 5.69 Å². The van der Waals surface area contributed by atoms with Crippen LogP contribution in [0.25, 0.3) is 0 Å². The normalized spacial score (nSPS) is 10.2. The minimum absolute atomic E-state index is 0.00997. The number of ether oxygens (including phenoxy) is 1. The van der Waals surface area contributed by atoms with Gasteiger partial charge in [-0.15, -0.1) is 0 Å². The van der Waals surface area contributed by atoms with Crippen molar-refractivity contribution in [2.24, 2.45) is 0 Å². The summed E-state index contributed by atoms with van der Waals surface area (Å²) in [4.78, 5) is 33.6. The van der Waals surface area contributed by atoms with Gasteiger partial charge in [0.25, 0.3) is 5.69 Å². The number of carbonyl (C=O) groups excluding carboxylic acids is 2. The van der Waals surface area contributed by atoms with Crippen LogP contribution in [0, 0.1) is 10.1 Å². The van der Waals surface area contributed by atoms with Gasteiger partial charge in [-0.05, 0) is 31.9 Å². The Balaban J connectivity index is 2.20. The van der Waals surface area contributed by atoms with Crippen LogP contribution in [0.2, 0.25) is 0 Å². The number of esters is 1. The van der Waals surface area contributed by atoms with E-state index >= 15 is 0 Å². The molecule has 22 heavy (non-hydrogen) atoms. The number of nitro benzene ring substituents is 1. The van der Waals surface area contributed by atoms with Crippen LogP contribution in [-0.4, -0.2) is 22.6 Å². The number of hydrogen-bond donors (Lipinski definition) is 0. The van der Waals surface area contributed by atoms with Crippen molar-refractivity contribution in [3.63, 3.8) is 0 Å². The van der Waals surface area contributed by atoms with Gasteiger partial charge in [0, 0.05) is 29.9 Å². The van der Waals surface area contributed by atoms with Crippen LogP contribution in [0.15, 0.2) is 29.2 Å². The Labute approximate surface area is 133 Å². The number of nitro groups is 1. The second-order valence-corrected chi connectivity index (χ2v) is 5.72. The van der Waals surface area contributed by atoms with E-state index in [1.54, 1.807) is 19.1 Å². The van der Waals surface area contributed by atoms with Gasteiger partial charge < -0.3 is 4.74 Å². The maximum atomic E-state index is 11.8. The zero-order valence-corrected chi connectivity index (χ0v) is 13.3. The van der Waals surface area contributed by atoms with E-state index < -0.39 is 4.92 Å². The monoisotopic (exact) mass is 325 g/mol. The molecule has 0 aliphatic rings. The predicted molar refractivity (Wildman–Crippen MR) is 83.7 cm³/mol. The van der Waals surface area contributed by atoms with Gasteiger partial charge in [-0.1, -0.05) is 18.2 Å². The van der Waals surface area contributed by atoms with E-state index in [4.69, 9.17) is 4.74 Å². The summed E-state index contributed by atoms with van der Waals surface area (Å²) in [5, 5.41) is 10.5. The fourth-order valence-electron chi connectivity index (χ4n) is 1.77. The summed E-state index contributed by atoms with van der Waals surface area (Å²) in [6.07, 6.45) is 3.04. The molecule has 0 atom stereocenters. The molecule has 120 valence electrons. The lowest BCUT2D eigenvalue weighted by Crippen LogP contribution is -2.03. The van der Waals surface area contributed by atoms with Crippen molar-refractivity contribution in [3.05, 3.63) is 34.4 Å². The first kappa shape index (κ1) is 18.2. The van der Waals surface area contributed by atoms with Crippen LogP contribution in [0.1, 0.15) is 39.0 Å². The molecule has 0 unspecified atom stereocenters. The molecule has 1 aromatic carbocycles. The summed E-state index contributed by atoms with van der Waals surface area (Å²) in [5.74, 6) is -0.200. The number of rotatable bonds is 9. The van der Waals surface area contributed by atoms with Gasteiger partial charge in [0.2, 0.25) is 0 Å². The van der Waals surface area contributed by atoms with Gasteiger partial charge in [0.05, 0.1) is 11.5 Å². The molecule has 7 heteroatoms. The van der Waals surface area contributed by atoms with Gasteiger partial charge in [-0.3, -0.25) is 19.7 Å². The lowest BCUT2D eigenvalue weighted by Gasteiger charge is -2.02. The third-order valence-electron chi connectivity index (χ3n) is 2.85. The molecule has 0 aliphatic carbocycles. The van der Waals surface area contributed by atoms with Crippen LogP contribution < -0.4 is 0 Å². The molecule has 0 saturated heterocycles. The lowest BCUT2D eigenvalue weighted by atomic mass is 10.1. The van der Waals surface area contributed by atoms with Crippen LogP contribution >= 0.6 is 11.8 Å². The van der Waals surface area contributed by atoms with Gasteiger partial charge in [0.1, 0.15) is 0 Å². The molecule has 1 rings (SSSR count). The van der Waals surface area contributed by atoms with E-state index in [1.165, 1.54) is 12.1 Å². The van der Waals surface area contributed by atoms with Crippen LogP contribution in [-0.2, 0) is 14.3 Å². The predicted octanol–water partition coefficient (Wildman–Crippen LogP) is 3.73.